The minimum absolute atomic E-state index is 0.00856. The molecule has 0 unspecified atom stereocenters. The van der Waals surface area contributed by atoms with Crippen LogP contribution in [0.3, 0.4) is 0 Å². The molecule has 0 nitrogen and oxygen atoms in total. The number of halogens is 3. The lowest BCUT2D eigenvalue weighted by atomic mass is 9.98. The number of benzene rings is 1. The molecule has 2 rings (SSSR count). The first-order valence-corrected chi connectivity index (χ1v) is 5.49. The van der Waals surface area contributed by atoms with Gasteiger partial charge < -0.3 is 0 Å². The van der Waals surface area contributed by atoms with Crippen molar-refractivity contribution in [3.8, 4) is 0 Å². The molecule has 0 aliphatic heterocycles. The maximum Gasteiger partial charge on any atom is 0.248 e. The predicted octanol–water partition coefficient (Wildman–Crippen LogP) is 4.35. The molecule has 1 atom stereocenters. The Morgan fingerprint density at radius 2 is 1.86 bits per heavy atom. The van der Waals surface area contributed by atoms with Crippen LogP contribution in [-0.2, 0) is 0 Å². The van der Waals surface area contributed by atoms with Gasteiger partial charge in [0.1, 0.15) is 0 Å². The van der Waals surface area contributed by atoms with E-state index in [9.17, 15) is 8.78 Å². The van der Waals surface area contributed by atoms with E-state index >= 15 is 0 Å². The van der Waals surface area contributed by atoms with E-state index in [2.05, 4.69) is 15.9 Å². The summed E-state index contributed by atoms with van der Waals surface area (Å²) < 4.78 is 26.9. The molecule has 14 heavy (non-hydrogen) atoms. The average molecular weight is 261 g/mol. The van der Waals surface area contributed by atoms with Crippen molar-refractivity contribution < 1.29 is 8.78 Å². The van der Waals surface area contributed by atoms with E-state index in [1.807, 2.05) is 24.3 Å². The van der Waals surface area contributed by atoms with Gasteiger partial charge in [-0.2, -0.15) is 0 Å². The summed E-state index contributed by atoms with van der Waals surface area (Å²) in [6.45, 7) is 0. The maximum atomic E-state index is 13.0. The summed E-state index contributed by atoms with van der Waals surface area (Å²) in [5.74, 6) is -2.41. The van der Waals surface area contributed by atoms with Gasteiger partial charge in [-0.15, -0.1) is 0 Å². The molecule has 0 bridgehead atoms. The standard InChI is InChI=1S/C11H11BrF2/c12-10-3-1-8(2-4-10)9-5-6-11(13,14)7-9/h1-4,9H,5-7H2/t9-/m1/s1. The van der Waals surface area contributed by atoms with Crippen LogP contribution < -0.4 is 0 Å². The van der Waals surface area contributed by atoms with Crippen molar-refractivity contribution >= 4 is 15.9 Å². The van der Waals surface area contributed by atoms with Crippen molar-refractivity contribution in [2.24, 2.45) is 0 Å². The SMILES string of the molecule is FC1(F)CC[C@@H](c2ccc(Br)cc2)C1. The number of hydrogen-bond donors (Lipinski definition) is 0. The normalized spacial score (nSPS) is 25.2. The summed E-state index contributed by atoms with van der Waals surface area (Å²) in [6.07, 6.45) is 0.650. The smallest absolute Gasteiger partial charge is 0.207 e. The van der Waals surface area contributed by atoms with Crippen LogP contribution in [0.5, 0.6) is 0 Å². The van der Waals surface area contributed by atoms with Gasteiger partial charge in [0.25, 0.3) is 0 Å². The molecule has 0 heterocycles. The van der Waals surface area contributed by atoms with Gasteiger partial charge in [0.05, 0.1) is 0 Å². The number of hydrogen-bond acceptors (Lipinski definition) is 0. The lowest BCUT2D eigenvalue weighted by Gasteiger charge is -2.10. The van der Waals surface area contributed by atoms with Crippen molar-refractivity contribution in [2.45, 2.75) is 31.1 Å². The van der Waals surface area contributed by atoms with Crippen LogP contribution in [0.15, 0.2) is 28.7 Å². The van der Waals surface area contributed by atoms with Crippen LogP contribution in [0, 0.1) is 0 Å². The van der Waals surface area contributed by atoms with E-state index in [-0.39, 0.29) is 18.8 Å². The van der Waals surface area contributed by atoms with E-state index < -0.39 is 5.92 Å². The van der Waals surface area contributed by atoms with E-state index in [1.165, 1.54) is 0 Å². The van der Waals surface area contributed by atoms with Crippen LogP contribution in [-0.4, -0.2) is 5.92 Å². The summed E-state index contributed by atoms with van der Waals surface area (Å²) in [4.78, 5) is 0. The Morgan fingerprint density at radius 1 is 1.21 bits per heavy atom. The second-order valence-electron chi connectivity index (χ2n) is 3.85. The molecule has 1 aromatic carbocycles. The minimum Gasteiger partial charge on any atom is -0.207 e. The molecule has 1 saturated carbocycles. The first-order chi connectivity index (χ1) is 6.57. The molecule has 0 N–H and O–H groups in total. The van der Waals surface area contributed by atoms with Gasteiger partial charge in [-0.1, -0.05) is 28.1 Å². The summed E-state index contributed by atoms with van der Waals surface area (Å²) in [5, 5.41) is 0. The average Bonchev–Trinajstić information content (AvgIpc) is 2.47. The zero-order valence-corrected chi connectivity index (χ0v) is 9.23. The number of rotatable bonds is 1. The fourth-order valence-electron chi connectivity index (χ4n) is 1.97. The fraction of sp³-hybridized carbons (Fsp3) is 0.455. The number of alkyl halides is 2. The molecule has 0 aromatic heterocycles. The van der Waals surface area contributed by atoms with Gasteiger partial charge in [-0.3, -0.25) is 0 Å². The fourth-order valence-corrected chi connectivity index (χ4v) is 2.23. The Labute approximate surface area is 90.4 Å². The third kappa shape index (κ3) is 2.14. The van der Waals surface area contributed by atoms with Crippen molar-refractivity contribution in [1.82, 2.24) is 0 Å². The predicted molar refractivity (Wildman–Crippen MR) is 55.7 cm³/mol. The Morgan fingerprint density at radius 3 is 2.36 bits per heavy atom. The molecular formula is C11H11BrF2. The summed E-state index contributed by atoms with van der Waals surface area (Å²) in [7, 11) is 0. The summed E-state index contributed by atoms with van der Waals surface area (Å²) in [6, 6.07) is 7.67. The Balaban J connectivity index is 2.14. The van der Waals surface area contributed by atoms with E-state index in [0.717, 1.165) is 10.0 Å². The third-order valence-electron chi connectivity index (χ3n) is 2.75. The zero-order valence-electron chi connectivity index (χ0n) is 7.64. The van der Waals surface area contributed by atoms with Crippen LogP contribution in [0.2, 0.25) is 0 Å². The van der Waals surface area contributed by atoms with Gasteiger partial charge in [-0.05, 0) is 30.0 Å². The van der Waals surface area contributed by atoms with E-state index in [0.29, 0.717) is 6.42 Å². The van der Waals surface area contributed by atoms with Gasteiger partial charge in [0.2, 0.25) is 5.92 Å². The quantitative estimate of drug-likeness (QED) is 0.704. The van der Waals surface area contributed by atoms with Crippen LogP contribution in [0.25, 0.3) is 0 Å². The lowest BCUT2D eigenvalue weighted by molar-refractivity contribution is 0.00777. The summed E-state index contributed by atoms with van der Waals surface area (Å²) in [5.41, 5.74) is 1.03. The van der Waals surface area contributed by atoms with Gasteiger partial charge in [-0.25, -0.2) is 8.78 Å². The molecule has 0 saturated heterocycles. The topological polar surface area (TPSA) is 0 Å². The van der Waals surface area contributed by atoms with Crippen LogP contribution in [0.4, 0.5) is 8.78 Å². The van der Waals surface area contributed by atoms with Crippen molar-refractivity contribution in [3.63, 3.8) is 0 Å². The minimum atomic E-state index is -2.45. The molecule has 1 aromatic rings. The Kier molecular flexibility index (Phi) is 2.60. The van der Waals surface area contributed by atoms with Gasteiger partial charge >= 0.3 is 0 Å². The van der Waals surface area contributed by atoms with E-state index in [4.69, 9.17) is 0 Å². The van der Waals surface area contributed by atoms with Gasteiger partial charge in [0.15, 0.2) is 0 Å². The highest BCUT2D eigenvalue weighted by Crippen LogP contribution is 2.44. The monoisotopic (exact) mass is 260 g/mol. The molecule has 0 amide bonds. The van der Waals surface area contributed by atoms with Crippen molar-refractivity contribution in [3.05, 3.63) is 34.3 Å². The van der Waals surface area contributed by atoms with Crippen LogP contribution >= 0.6 is 15.9 Å². The molecule has 0 spiro atoms. The van der Waals surface area contributed by atoms with E-state index in [1.54, 1.807) is 0 Å². The molecule has 0 radical (unpaired) electrons. The first kappa shape index (κ1) is 10.1. The second kappa shape index (κ2) is 3.61. The molecular weight excluding hydrogens is 250 g/mol. The molecule has 1 aliphatic carbocycles. The second-order valence-corrected chi connectivity index (χ2v) is 4.76. The largest absolute Gasteiger partial charge is 0.248 e. The Bertz CT molecular complexity index is 319. The van der Waals surface area contributed by atoms with Crippen molar-refractivity contribution in [1.29, 1.82) is 0 Å². The molecule has 76 valence electrons. The lowest BCUT2D eigenvalue weighted by Crippen LogP contribution is -2.09. The third-order valence-corrected chi connectivity index (χ3v) is 3.27. The van der Waals surface area contributed by atoms with Gasteiger partial charge in [0, 0.05) is 17.3 Å². The maximum absolute atomic E-state index is 13.0. The molecule has 1 aliphatic rings. The highest BCUT2D eigenvalue weighted by atomic mass is 79.9. The first-order valence-electron chi connectivity index (χ1n) is 4.70. The molecule has 1 fully saturated rings. The summed E-state index contributed by atoms with van der Waals surface area (Å²) >= 11 is 3.33. The zero-order chi connectivity index (χ0) is 10.2. The molecule has 3 heteroatoms. The van der Waals surface area contributed by atoms with Crippen molar-refractivity contribution in [2.75, 3.05) is 0 Å². The highest BCUT2D eigenvalue weighted by molar-refractivity contribution is 9.10. The Hall–Kier alpha value is -0.440. The van der Waals surface area contributed by atoms with Crippen LogP contribution in [0.1, 0.15) is 30.7 Å². The highest BCUT2D eigenvalue weighted by Gasteiger charge is 2.39.